The first-order valence-electron chi connectivity index (χ1n) is 6.51. The third-order valence-corrected chi connectivity index (χ3v) is 3.17. The minimum atomic E-state index is 0.586. The van der Waals surface area contributed by atoms with Crippen LogP contribution in [0, 0.1) is 0 Å². The van der Waals surface area contributed by atoms with E-state index in [0.717, 1.165) is 16.9 Å². The molecule has 21 heavy (non-hydrogen) atoms. The zero-order valence-electron chi connectivity index (χ0n) is 12.4. The molecule has 0 saturated heterocycles. The van der Waals surface area contributed by atoms with E-state index in [1.807, 2.05) is 42.5 Å². The van der Waals surface area contributed by atoms with E-state index in [1.165, 1.54) is 0 Å². The molecule has 2 aromatic carbocycles. The molecule has 2 rings (SSSR count). The van der Waals surface area contributed by atoms with Crippen molar-refractivity contribution in [1.29, 1.82) is 0 Å². The fourth-order valence-electron chi connectivity index (χ4n) is 1.95. The van der Waals surface area contributed by atoms with E-state index in [2.05, 4.69) is 0 Å². The van der Waals surface area contributed by atoms with Crippen molar-refractivity contribution in [1.82, 2.24) is 0 Å². The van der Waals surface area contributed by atoms with Crippen molar-refractivity contribution in [2.45, 2.75) is 0 Å². The molecule has 4 nitrogen and oxygen atoms in total. The molecular formula is C17H19NO3. The summed E-state index contributed by atoms with van der Waals surface area (Å²) in [5.74, 6) is 2.13. The molecule has 0 fully saturated rings. The summed E-state index contributed by atoms with van der Waals surface area (Å²) >= 11 is 0. The second-order valence-corrected chi connectivity index (χ2v) is 4.44. The summed E-state index contributed by atoms with van der Waals surface area (Å²) in [5.41, 5.74) is 8.56. The van der Waals surface area contributed by atoms with Crippen LogP contribution in [-0.4, -0.2) is 21.3 Å². The molecule has 0 spiro atoms. The predicted molar refractivity (Wildman–Crippen MR) is 85.9 cm³/mol. The molecule has 110 valence electrons. The van der Waals surface area contributed by atoms with E-state index in [9.17, 15) is 0 Å². The van der Waals surface area contributed by atoms with Gasteiger partial charge in [-0.15, -0.1) is 0 Å². The van der Waals surface area contributed by atoms with Crippen molar-refractivity contribution in [3.8, 4) is 17.2 Å². The number of nitrogen functional groups attached to an aromatic ring is 1. The number of rotatable bonds is 5. The van der Waals surface area contributed by atoms with Crippen LogP contribution in [0.4, 0.5) is 5.69 Å². The Kier molecular flexibility index (Phi) is 4.72. The molecule has 0 saturated carbocycles. The fourth-order valence-corrected chi connectivity index (χ4v) is 1.95. The van der Waals surface area contributed by atoms with E-state index < -0.39 is 0 Å². The van der Waals surface area contributed by atoms with Crippen LogP contribution in [0.25, 0.3) is 12.2 Å². The maximum absolute atomic E-state index is 6.08. The number of hydrogen-bond acceptors (Lipinski definition) is 4. The molecule has 0 aromatic heterocycles. The smallest absolute Gasteiger partial charge is 0.146 e. The van der Waals surface area contributed by atoms with E-state index in [-0.39, 0.29) is 0 Å². The Hall–Kier alpha value is -2.62. The second-order valence-electron chi connectivity index (χ2n) is 4.44. The molecule has 0 aliphatic rings. The Balaban J connectivity index is 2.30. The Morgan fingerprint density at radius 3 is 2.05 bits per heavy atom. The van der Waals surface area contributed by atoms with E-state index >= 15 is 0 Å². The quantitative estimate of drug-likeness (QED) is 0.675. The van der Waals surface area contributed by atoms with Crippen molar-refractivity contribution in [3.05, 3.63) is 47.5 Å². The van der Waals surface area contributed by atoms with Gasteiger partial charge in [-0.3, -0.25) is 0 Å². The van der Waals surface area contributed by atoms with Gasteiger partial charge in [-0.2, -0.15) is 0 Å². The molecule has 0 amide bonds. The highest BCUT2D eigenvalue weighted by molar-refractivity contribution is 5.79. The molecule has 2 N–H and O–H groups in total. The highest BCUT2D eigenvalue weighted by atomic mass is 16.5. The van der Waals surface area contributed by atoms with Crippen LogP contribution in [0.15, 0.2) is 36.4 Å². The van der Waals surface area contributed by atoms with Crippen molar-refractivity contribution < 1.29 is 14.2 Å². The van der Waals surface area contributed by atoms with Gasteiger partial charge in [0.25, 0.3) is 0 Å². The average Bonchev–Trinajstić information content (AvgIpc) is 2.54. The van der Waals surface area contributed by atoms with Crippen LogP contribution in [-0.2, 0) is 0 Å². The number of ether oxygens (including phenoxy) is 3. The first-order valence-corrected chi connectivity index (χ1v) is 6.51. The Morgan fingerprint density at radius 1 is 0.810 bits per heavy atom. The molecule has 0 radical (unpaired) electrons. The summed E-state index contributed by atoms with van der Waals surface area (Å²) in [6, 6.07) is 11.4. The zero-order chi connectivity index (χ0) is 15.2. The normalized spacial score (nSPS) is 10.6. The van der Waals surface area contributed by atoms with Gasteiger partial charge < -0.3 is 19.9 Å². The lowest BCUT2D eigenvalue weighted by molar-refractivity contribution is 0.395. The predicted octanol–water partition coefficient (Wildman–Crippen LogP) is 3.47. The van der Waals surface area contributed by atoms with E-state index in [4.69, 9.17) is 19.9 Å². The summed E-state index contributed by atoms with van der Waals surface area (Å²) in [7, 11) is 4.85. The lowest BCUT2D eigenvalue weighted by Crippen LogP contribution is -1.96. The lowest BCUT2D eigenvalue weighted by atomic mass is 10.1. The summed E-state index contributed by atoms with van der Waals surface area (Å²) in [5, 5.41) is 0. The van der Waals surface area contributed by atoms with Crippen LogP contribution < -0.4 is 19.9 Å². The van der Waals surface area contributed by atoms with Crippen molar-refractivity contribution in [3.63, 3.8) is 0 Å². The van der Waals surface area contributed by atoms with Gasteiger partial charge in [-0.25, -0.2) is 0 Å². The SMILES string of the molecule is COc1ccc(C=Cc2cc(OC)cc(OC)c2N)cc1. The van der Waals surface area contributed by atoms with Gasteiger partial charge >= 0.3 is 0 Å². The van der Waals surface area contributed by atoms with Gasteiger partial charge in [0.2, 0.25) is 0 Å². The largest absolute Gasteiger partial charge is 0.497 e. The van der Waals surface area contributed by atoms with E-state index in [1.54, 1.807) is 27.4 Å². The molecule has 0 heterocycles. The standard InChI is InChI=1S/C17H19NO3/c1-19-14-8-5-12(6-9-14)4-7-13-10-15(20-2)11-16(21-3)17(13)18/h4-11H,18H2,1-3H3. The van der Waals surface area contributed by atoms with E-state index in [0.29, 0.717) is 17.2 Å². The summed E-state index contributed by atoms with van der Waals surface area (Å²) < 4.78 is 15.6. The van der Waals surface area contributed by atoms with Crippen LogP contribution >= 0.6 is 0 Å². The third kappa shape index (κ3) is 3.48. The van der Waals surface area contributed by atoms with Gasteiger partial charge in [0.15, 0.2) is 0 Å². The Bertz CT molecular complexity index is 633. The molecule has 0 atom stereocenters. The molecular weight excluding hydrogens is 266 g/mol. The Morgan fingerprint density at radius 2 is 1.48 bits per heavy atom. The Labute approximate surface area is 124 Å². The topological polar surface area (TPSA) is 53.7 Å². The average molecular weight is 285 g/mol. The maximum Gasteiger partial charge on any atom is 0.146 e. The summed E-state index contributed by atoms with van der Waals surface area (Å²) in [6.07, 6.45) is 3.91. The molecule has 4 heteroatoms. The van der Waals surface area contributed by atoms with Crippen LogP contribution in [0.1, 0.15) is 11.1 Å². The molecule has 0 aliphatic heterocycles. The second kappa shape index (κ2) is 6.70. The molecule has 0 unspecified atom stereocenters. The van der Waals surface area contributed by atoms with Crippen LogP contribution in [0.3, 0.4) is 0 Å². The number of benzene rings is 2. The third-order valence-electron chi connectivity index (χ3n) is 3.17. The number of nitrogens with two attached hydrogens (primary N) is 1. The first-order chi connectivity index (χ1) is 10.2. The monoisotopic (exact) mass is 285 g/mol. The van der Waals surface area contributed by atoms with Crippen molar-refractivity contribution >= 4 is 17.8 Å². The molecule has 0 aliphatic carbocycles. The summed E-state index contributed by atoms with van der Waals surface area (Å²) in [6.45, 7) is 0. The van der Waals surface area contributed by atoms with Gasteiger partial charge in [-0.1, -0.05) is 24.3 Å². The molecule has 0 bridgehead atoms. The van der Waals surface area contributed by atoms with Gasteiger partial charge in [0, 0.05) is 11.6 Å². The zero-order valence-corrected chi connectivity index (χ0v) is 12.4. The van der Waals surface area contributed by atoms with Gasteiger partial charge in [-0.05, 0) is 23.8 Å². The van der Waals surface area contributed by atoms with Crippen LogP contribution in [0.2, 0.25) is 0 Å². The highest BCUT2D eigenvalue weighted by Gasteiger charge is 2.07. The lowest BCUT2D eigenvalue weighted by Gasteiger charge is -2.10. The van der Waals surface area contributed by atoms with Crippen LogP contribution in [0.5, 0.6) is 17.2 Å². The van der Waals surface area contributed by atoms with Crippen molar-refractivity contribution in [2.24, 2.45) is 0 Å². The molecule has 2 aromatic rings. The minimum absolute atomic E-state index is 0.586. The first kappa shape index (κ1) is 14.8. The maximum atomic E-state index is 6.08. The fraction of sp³-hybridized carbons (Fsp3) is 0.176. The number of hydrogen-bond donors (Lipinski definition) is 1. The van der Waals surface area contributed by atoms with Gasteiger partial charge in [0.1, 0.15) is 17.2 Å². The summed E-state index contributed by atoms with van der Waals surface area (Å²) in [4.78, 5) is 0. The minimum Gasteiger partial charge on any atom is -0.497 e. The number of anilines is 1. The van der Waals surface area contributed by atoms with Crippen molar-refractivity contribution in [2.75, 3.05) is 27.1 Å². The highest BCUT2D eigenvalue weighted by Crippen LogP contribution is 2.32. The number of methoxy groups -OCH3 is 3. The van der Waals surface area contributed by atoms with Gasteiger partial charge in [0.05, 0.1) is 27.0 Å².